The fraction of sp³-hybridized carbons (Fsp3) is 0.667. The molecule has 0 bridgehead atoms. The lowest BCUT2D eigenvalue weighted by Crippen LogP contribution is -2.33. The molecule has 1 aliphatic heterocycles. The van der Waals surface area contributed by atoms with Crippen LogP contribution in [0, 0.1) is 11.8 Å². The average Bonchev–Trinajstić information content (AvgIpc) is 3.18. The van der Waals surface area contributed by atoms with Gasteiger partial charge in [-0.15, -0.1) is 0 Å². The van der Waals surface area contributed by atoms with E-state index in [1.54, 1.807) is 12.1 Å². The zero-order chi connectivity index (χ0) is 18.6. The van der Waals surface area contributed by atoms with E-state index < -0.39 is 5.60 Å². The molecular formula is C21H32N2O3. The Bertz CT molecular complexity index is 582. The van der Waals surface area contributed by atoms with Crippen LogP contribution in [0.1, 0.15) is 56.8 Å². The molecule has 1 N–H and O–H groups in total. The Kier molecular flexibility index (Phi) is 6.20. The maximum absolute atomic E-state index is 12.0. The van der Waals surface area contributed by atoms with Gasteiger partial charge in [-0.25, -0.2) is 5.48 Å². The molecule has 5 nitrogen and oxygen atoms in total. The number of hydrogen-bond acceptors (Lipinski definition) is 4. The molecule has 1 amide bonds. The van der Waals surface area contributed by atoms with E-state index in [1.807, 2.05) is 32.9 Å². The minimum Gasteiger partial charge on any atom is -0.494 e. The molecule has 5 heteroatoms. The summed E-state index contributed by atoms with van der Waals surface area (Å²) >= 11 is 0. The number of likely N-dealkylation sites (tertiary alicyclic amines) is 1. The highest BCUT2D eigenvalue weighted by molar-refractivity contribution is 5.93. The van der Waals surface area contributed by atoms with Crippen LogP contribution in [-0.2, 0) is 4.84 Å². The molecule has 2 fully saturated rings. The van der Waals surface area contributed by atoms with Crippen LogP contribution in [0.3, 0.4) is 0 Å². The van der Waals surface area contributed by atoms with Gasteiger partial charge in [-0.3, -0.25) is 9.63 Å². The van der Waals surface area contributed by atoms with Gasteiger partial charge in [-0.2, -0.15) is 0 Å². The van der Waals surface area contributed by atoms with Gasteiger partial charge in [0, 0.05) is 25.2 Å². The van der Waals surface area contributed by atoms with Gasteiger partial charge in [-0.1, -0.05) is 6.42 Å². The molecule has 0 spiro atoms. The van der Waals surface area contributed by atoms with Crippen LogP contribution in [0.15, 0.2) is 24.3 Å². The first kappa shape index (κ1) is 19.2. The average molecular weight is 360 g/mol. The van der Waals surface area contributed by atoms with Crippen molar-refractivity contribution >= 4 is 5.91 Å². The van der Waals surface area contributed by atoms with Gasteiger partial charge in [-0.05, 0) is 76.1 Å². The molecule has 0 radical (unpaired) electrons. The third-order valence-electron chi connectivity index (χ3n) is 5.26. The molecule has 1 aliphatic carbocycles. The summed E-state index contributed by atoms with van der Waals surface area (Å²) in [6.07, 6.45) is 5.33. The second-order valence-corrected chi connectivity index (χ2v) is 8.58. The minimum atomic E-state index is -0.410. The number of fused-ring (bicyclic) bond motifs is 1. The van der Waals surface area contributed by atoms with Gasteiger partial charge in [0.1, 0.15) is 5.75 Å². The lowest BCUT2D eigenvalue weighted by molar-refractivity contribution is -0.0589. The van der Waals surface area contributed by atoms with Crippen LogP contribution in [-0.4, -0.2) is 42.6 Å². The van der Waals surface area contributed by atoms with Crippen LogP contribution in [0.2, 0.25) is 0 Å². The predicted octanol–water partition coefficient (Wildman–Crippen LogP) is 3.65. The molecule has 1 saturated heterocycles. The Morgan fingerprint density at radius 1 is 1.15 bits per heavy atom. The Morgan fingerprint density at radius 3 is 2.42 bits per heavy atom. The number of benzene rings is 1. The van der Waals surface area contributed by atoms with Crippen LogP contribution < -0.4 is 10.2 Å². The van der Waals surface area contributed by atoms with E-state index in [0.717, 1.165) is 30.6 Å². The van der Waals surface area contributed by atoms with Gasteiger partial charge in [0.15, 0.2) is 0 Å². The smallest absolute Gasteiger partial charge is 0.274 e. The second-order valence-electron chi connectivity index (χ2n) is 8.58. The fourth-order valence-electron chi connectivity index (χ4n) is 3.95. The topological polar surface area (TPSA) is 50.8 Å². The largest absolute Gasteiger partial charge is 0.494 e. The van der Waals surface area contributed by atoms with Crippen molar-refractivity contribution in [2.24, 2.45) is 11.8 Å². The number of carbonyl (C=O) groups is 1. The molecule has 0 aromatic heterocycles. The standard InChI is InChI=1S/C21H32N2O3/c1-21(2,3)26-22-20(24)16-8-10-19(11-9-16)25-13-5-12-23-14-17-6-4-7-18(17)15-23/h8-11,17-18H,4-7,12-15H2,1-3H3,(H,22,24). The highest BCUT2D eigenvalue weighted by Crippen LogP contribution is 2.37. The summed E-state index contributed by atoms with van der Waals surface area (Å²) in [7, 11) is 0. The Balaban J connectivity index is 1.34. The van der Waals surface area contributed by atoms with Gasteiger partial charge in [0.2, 0.25) is 0 Å². The maximum Gasteiger partial charge on any atom is 0.274 e. The number of amides is 1. The van der Waals surface area contributed by atoms with Crippen molar-refractivity contribution < 1.29 is 14.4 Å². The highest BCUT2D eigenvalue weighted by atomic mass is 16.7. The molecular weight excluding hydrogens is 328 g/mol. The first-order valence-electron chi connectivity index (χ1n) is 9.84. The number of nitrogens with one attached hydrogen (secondary N) is 1. The summed E-state index contributed by atoms with van der Waals surface area (Å²) in [4.78, 5) is 19.9. The molecule has 144 valence electrons. The molecule has 1 aromatic rings. The van der Waals surface area contributed by atoms with Crippen molar-refractivity contribution in [3.05, 3.63) is 29.8 Å². The van der Waals surface area contributed by atoms with Crippen molar-refractivity contribution in [1.29, 1.82) is 0 Å². The summed E-state index contributed by atoms with van der Waals surface area (Å²) in [5.74, 6) is 2.47. The minimum absolute atomic E-state index is 0.244. The first-order valence-corrected chi connectivity index (χ1v) is 9.84. The first-order chi connectivity index (χ1) is 12.4. The van der Waals surface area contributed by atoms with E-state index in [9.17, 15) is 4.79 Å². The molecule has 2 atom stereocenters. The van der Waals surface area contributed by atoms with Crippen LogP contribution >= 0.6 is 0 Å². The van der Waals surface area contributed by atoms with Crippen molar-refractivity contribution in [3.63, 3.8) is 0 Å². The molecule has 26 heavy (non-hydrogen) atoms. The zero-order valence-electron chi connectivity index (χ0n) is 16.3. The monoisotopic (exact) mass is 360 g/mol. The summed E-state index contributed by atoms with van der Waals surface area (Å²) in [5, 5.41) is 0. The Morgan fingerprint density at radius 2 is 1.81 bits per heavy atom. The molecule has 1 saturated carbocycles. The van der Waals surface area contributed by atoms with Crippen LogP contribution in [0.4, 0.5) is 0 Å². The van der Waals surface area contributed by atoms with Crippen LogP contribution in [0.25, 0.3) is 0 Å². The fourth-order valence-corrected chi connectivity index (χ4v) is 3.95. The van der Waals surface area contributed by atoms with Crippen molar-refractivity contribution in [2.75, 3.05) is 26.2 Å². The quantitative estimate of drug-likeness (QED) is 0.596. The normalized spacial score (nSPS) is 23.0. The van der Waals surface area contributed by atoms with Crippen molar-refractivity contribution in [3.8, 4) is 5.75 Å². The summed E-state index contributed by atoms with van der Waals surface area (Å²) < 4.78 is 5.82. The molecule has 1 aromatic carbocycles. The van der Waals surface area contributed by atoms with Gasteiger partial charge in [0.05, 0.1) is 12.2 Å². The highest BCUT2D eigenvalue weighted by Gasteiger charge is 2.35. The number of nitrogens with zero attached hydrogens (tertiary/aromatic N) is 1. The van der Waals surface area contributed by atoms with Gasteiger partial charge in [0.25, 0.3) is 5.91 Å². The van der Waals surface area contributed by atoms with Crippen LogP contribution in [0.5, 0.6) is 5.75 Å². The molecule has 2 unspecified atom stereocenters. The third-order valence-corrected chi connectivity index (χ3v) is 5.26. The summed E-state index contributed by atoms with van der Waals surface area (Å²) in [6, 6.07) is 7.20. The van der Waals surface area contributed by atoms with E-state index >= 15 is 0 Å². The second kappa shape index (κ2) is 8.40. The van der Waals surface area contributed by atoms with Gasteiger partial charge < -0.3 is 9.64 Å². The zero-order valence-corrected chi connectivity index (χ0v) is 16.3. The number of hydrogen-bond donors (Lipinski definition) is 1. The Hall–Kier alpha value is -1.59. The molecule has 2 aliphatic rings. The van der Waals surface area contributed by atoms with E-state index in [2.05, 4.69) is 10.4 Å². The van der Waals surface area contributed by atoms with E-state index in [4.69, 9.17) is 9.57 Å². The predicted molar refractivity (Wildman–Crippen MR) is 102 cm³/mol. The molecule has 3 rings (SSSR count). The lowest BCUT2D eigenvalue weighted by atomic mass is 10.0. The number of hydroxylamine groups is 1. The number of rotatable bonds is 7. The summed E-state index contributed by atoms with van der Waals surface area (Å²) in [5.41, 5.74) is 2.62. The third kappa shape index (κ3) is 5.45. The number of ether oxygens (including phenoxy) is 1. The maximum atomic E-state index is 12.0. The Labute approximate surface area is 157 Å². The van der Waals surface area contributed by atoms with E-state index in [0.29, 0.717) is 12.2 Å². The molecule has 1 heterocycles. The summed E-state index contributed by atoms with van der Waals surface area (Å²) in [6.45, 7) is 10.1. The van der Waals surface area contributed by atoms with E-state index in [-0.39, 0.29) is 5.91 Å². The SMILES string of the molecule is CC(C)(C)ONC(=O)c1ccc(OCCCN2CC3CCCC3C2)cc1. The van der Waals surface area contributed by atoms with Gasteiger partial charge >= 0.3 is 0 Å². The lowest BCUT2D eigenvalue weighted by Gasteiger charge is -2.19. The van der Waals surface area contributed by atoms with Crippen molar-refractivity contribution in [2.45, 2.75) is 52.1 Å². The number of carbonyl (C=O) groups excluding carboxylic acids is 1. The van der Waals surface area contributed by atoms with Crippen molar-refractivity contribution in [1.82, 2.24) is 10.4 Å². The van der Waals surface area contributed by atoms with E-state index in [1.165, 1.54) is 32.4 Å².